The van der Waals surface area contributed by atoms with E-state index in [9.17, 15) is 8.42 Å². The van der Waals surface area contributed by atoms with Gasteiger partial charge in [0, 0.05) is 6.20 Å². The van der Waals surface area contributed by atoms with Gasteiger partial charge in [-0.25, -0.2) is 0 Å². The van der Waals surface area contributed by atoms with E-state index in [1.54, 1.807) is 18.3 Å². The number of nitrogens with zero attached hydrogens (tertiary/aromatic N) is 2. The normalized spacial score (nSPS) is 8.80. The first-order valence-electron chi connectivity index (χ1n) is 2.50. The van der Waals surface area contributed by atoms with Crippen LogP contribution in [0.2, 0.25) is 0 Å². The summed E-state index contributed by atoms with van der Waals surface area (Å²) in [5.74, 6) is 0. The van der Waals surface area contributed by atoms with Crippen LogP contribution in [0.4, 0.5) is 5.69 Å². The van der Waals surface area contributed by atoms with Crippen LogP contribution in [0.25, 0.3) is 0 Å². The summed E-state index contributed by atoms with van der Waals surface area (Å²) < 4.78 is 23.2. The van der Waals surface area contributed by atoms with Gasteiger partial charge in [-0.1, -0.05) is 0 Å². The van der Waals surface area contributed by atoms with Gasteiger partial charge in [0.1, 0.15) is 0 Å². The lowest BCUT2D eigenvalue weighted by atomic mass is 10.4. The molecule has 52 valence electrons. The minimum Gasteiger partial charge on any atom is -0.262 e. The van der Waals surface area contributed by atoms with E-state index in [1.165, 1.54) is 6.20 Å². The Bertz CT molecular complexity index is 322. The summed E-state index contributed by atoms with van der Waals surface area (Å²) >= 11 is 0. The molecule has 1 heterocycles. The van der Waals surface area contributed by atoms with E-state index in [0.29, 0.717) is 5.69 Å². The molecule has 0 fully saturated rings. The lowest BCUT2D eigenvalue weighted by molar-refractivity contribution is 0.622. The number of pyridine rings is 1. The highest BCUT2D eigenvalue weighted by Crippen LogP contribution is 2.05. The van der Waals surface area contributed by atoms with Gasteiger partial charge < -0.3 is 0 Å². The van der Waals surface area contributed by atoms with Crippen molar-refractivity contribution in [3.63, 3.8) is 0 Å². The number of hydrogen-bond donors (Lipinski definition) is 0. The number of rotatable bonds is 1. The van der Waals surface area contributed by atoms with Crippen molar-refractivity contribution in [2.24, 2.45) is 4.36 Å². The molecule has 0 atom stereocenters. The van der Waals surface area contributed by atoms with E-state index in [1.807, 2.05) is 0 Å². The molecule has 0 radical (unpaired) electrons. The van der Waals surface area contributed by atoms with Crippen LogP contribution in [0.5, 0.6) is 0 Å². The molecule has 1 rings (SSSR count). The third-order valence-electron chi connectivity index (χ3n) is 0.826. The largest absolute Gasteiger partial charge is 0.316 e. The van der Waals surface area contributed by atoms with Crippen molar-refractivity contribution in [2.45, 2.75) is 0 Å². The van der Waals surface area contributed by atoms with E-state index in [2.05, 4.69) is 9.35 Å². The van der Waals surface area contributed by atoms with Crippen LogP contribution in [0.3, 0.4) is 0 Å². The van der Waals surface area contributed by atoms with E-state index in [0.717, 1.165) is 0 Å². The Labute approximate surface area is 59.2 Å². The van der Waals surface area contributed by atoms with Gasteiger partial charge in [0.05, 0.1) is 11.9 Å². The summed E-state index contributed by atoms with van der Waals surface area (Å²) in [4.78, 5) is 3.67. The Hall–Kier alpha value is -1.23. The van der Waals surface area contributed by atoms with Crippen LogP contribution < -0.4 is 0 Å². The maximum atomic E-state index is 9.97. The average Bonchev–Trinajstić information content (AvgIpc) is 1.88. The predicted octanol–water partition coefficient (Wildman–Crippen LogP) is 0.776. The first-order chi connectivity index (χ1) is 4.79. The molecule has 0 aliphatic rings. The van der Waals surface area contributed by atoms with Crippen molar-refractivity contribution >= 4 is 16.2 Å². The maximum absolute atomic E-state index is 9.97. The lowest BCUT2D eigenvalue weighted by Gasteiger charge is -1.82. The Balaban J connectivity index is 3.10. The van der Waals surface area contributed by atoms with Gasteiger partial charge in [-0.15, -0.1) is 4.36 Å². The first kappa shape index (κ1) is 6.88. The third kappa shape index (κ3) is 1.94. The molecule has 0 bridgehead atoms. The molecule has 0 saturated carbocycles. The summed E-state index contributed by atoms with van der Waals surface area (Å²) in [7, 11) is -2.38. The standard InChI is InChI=1S/C5H4N2O2S/c8-10(9)7-5-2-1-3-6-4-5/h1-4H. The van der Waals surface area contributed by atoms with Gasteiger partial charge in [0.15, 0.2) is 0 Å². The molecular weight excluding hydrogens is 152 g/mol. The summed E-state index contributed by atoms with van der Waals surface area (Å²) in [6.45, 7) is 0. The van der Waals surface area contributed by atoms with Gasteiger partial charge in [0.2, 0.25) is 0 Å². The Morgan fingerprint density at radius 2 is 2.30 bits per heavy atom. The molecular formula is C5H4N2O2S. The molecule has 0 aliphatic heterocycles. The molecule has 0 aliphatic carbocycles. The van der Waals surface area contributed by atoms with Gasteiger partial charge >= 0.3 is 10.5 Å². The second kappa shape index (κ2) is 3.07. The van der Waals surface area contributed by atoms with E-state index in [4.69, 9.17) is 0 Å². The van der Waals surface area contributed by atoms with Crippen molar-refractivity contribution in [1.82, 2.24) is 4.98 Å². The fourth-order valence-corrected chi connectivity index (χ4v) is 0.774. The minimum atomic E-state index is -2.38. The molecule has 0 unspecified atom stereocenters. The molecule has 0 saturated heterocycles. The fraction of sp³-hybridized carbons (Fsp3) is 0. The highest BCUT2D eigenvalue weighted by Gasteiger charge is 1.83. The molecule has 0 N–H and O–H groups in total. The predicted molar refractivity (Wildman–Crippen MR) is 35.2 cm³/mol. The Morgan fingerprint density at radius 1 is 1.50 bits per heavy atom. The summed E-state index contributed by atoms with van der Waals surface area (Å²) in [5.41, 5.74) is 0.343. The first-order valence-corrected chi connectivity index (χ1v) is 3.53. The Morgan fingerprint density at radius 3 is 2.80 bits per heavy atom. The summed E-state index contributed by atoms with van der Waals surface area (Å²) in [6.07, 6.45) is 2.92. The SMILES string of the molecule is O=S(=O)=Nc1cccnc1. The molecule has 0 aromatic carbocycles. The highest BCUT2D eigenvalue weighted by atomic mass is 32.2. The summed E-state index contributed by atoms with van der Waals surface area (Å²) in [6, 6.07) is 3.18. The van der Waals surface area contributed by atoms with E-state index in [-0.39, 0.29) is 0 Å². The zero-order chi connectivity index (χ0) is 7.40. The van der Waals surface area contributed by atoms with Crippen molar-refractivity contribution < 1.29 is 8.42 Å². The zero-order valence-corrected chi connectivity index (χ0v) is 5.75. The molecule has 1 aromatic heterocycles. The summed E-state index contributed by atoms with van der Waals surface area (Å²) in [5, 5.41) is 0. The lowest BCUT2D eigenvalue weighted by Crippen LogP contribution is -1.66. The highest BCUT2D eigenvalue weighted by molar-refractivity contribution is 7.61. The van der Waals surface area contributed by atoms with Crippen LogP contribution in [0.1, 0.15) is 0 Å². The minimum absolute atomic E-state index is 0.343. The average molecular weight is 156 g/mol. The molecule has 4 nitrogen and oxygen atoms in total. The molecule has 0 amide bonds. The van der Waals surface area contributed by atoms with Crippen molar-refractivity contribution in [3.8, 4) is 0 Å². The zero-order valence-electron chi connectivity index (χ0n) is 4.93. The van der Waals surface area contributed by atoms with Crippen molar-refractivity contribution in [3.05, 3.63) is 24.5 Å². The maximum Gasteiger partial charge on any atom is 0.316 e. The van der Waals surface area contributed by atoms with Crippen LogP contribution in [-0.4, -0.2) is 13.4 Å². The van der Waals surface area contributed by atoms with Crippen LogP contribution >= 0.6 is 0 Å². The van der Waals surface area contributed by atoms with Gasteiger partial charge in [-0.2, -0.15) is 8.42 Å². The number of aromatic nitrogens is 1. The fourth-order valence-electron chi connectivity index (χ4n) is 0.494. The second-order valence-electron chi connectivity index (χ2n) is 1.52. The van der Waals surface area contributed by atoms with E-state index < -0.39 is 10.5 Å². The molecule has 10 heavy (non-hydrogen) atoms. The van der Waals surface area contributed by atoms with Gasteiger partial charge in [-0.05, 0) is 12.1 Å². The number of hydrogen-bond acceptors (Lipinski definition) is 4. The van der Waals surface area contributed by atoms with Crippen molar-refractivity contribution in [1.29, 1.82) is 0 Å². The smallest absolute Gasteiger partial charge is 0.262 e. The van der Waals surface area contributed by atoms with Crippen LogP contribution in [0, 0.1) is 0 Å². The quantitative estimate of drug-likeness (QED) is 0.603. The van der Waals surface area contributed by atoms with Gasteiger partial charge in [-0.3, -0.25) is 4.98 Å². The monoisotopic (exact) mass is 156 g/mol. The molecule has 0 spiro atoms. The van der Waals surface area contributed by atoms with Crippen LogP contribution in [-0.2, 0) is 10.5 Å². The topological polar surface area (TPSA) is 59.4 Å². The van der Waals surface area contributed by atoms with Crippen molar-refractivity contribution in [2.75, 3.05) is 0 Å². The Kier molecular flexibility index (Phi) is 2.11. The molecule has 1 aromatic rings. The second-order valence-corrected chi connectivity index (χ2v) is 2.14. The van der Waals surface area contributed by atoms with E-state index >= 15 is 0 Å². The van der Waals surface area contributed by atoms with Crippen LogP contribution in [0.15, 0.2) is 28.9 Å². The third-order valence-corrected chi connectivity index (χ3v) is 1.19. The molecule has 5 heteroatoms. The van der Waals surface area contributed by atoms with Gasteiger partial charge in [0.25, 0.3) is 0 Å².